The Balaban J connectivity index is 2.29. The van der Waals surface area contributed by atoms with Gasteiger partial charge < -0.3 is 10.1 Å². The molecule has 1 atom stereocenters. The van der Waals surface area contributed by atoms with Crippen LogP contribution in [0.15, 0.2) is 12.4 Å². The topological polar surface area (TPSA) is 34.1 Å². The summed E-state index contributed by atoms with van der Waals surface area (Å²) in [6.45, 7) is 2.15. The molecule has 1 aromatic heterocycles. The first kappa shape index (κ1) is 10.2. The highest BCUT2D eigenvalue weighted by Crippen LogP contribution is 2.30. The van der Waals surface area contributed by atoms with Gasteiger partial charge in [-0.05, 0) is 0 Å². The number of nitrogens with one attached hydrogen (secondary N) is 1. The van der Waals surface area contributed by atoms with Gasteiger partial charge >= 0.3 is 0 Å². The number of nitrogens with zero attached hydrogens (tertiary/aromatic N) is 1. The van der Waals surface area contributed by atoms with Crippen molar-refractivity contribution in [2.75, 3.05) is 19.8 Å². The number of pyridine rings is 1. The first-order chi connectivity index (χ1) is 6.79. The van der Waals surface area contributed by atoms with E-state index in [-0.39, 0.29) is 6.04 Å². The maximum atomic E-state index is 6.02. The van der Waals surface area contributed by atoms with Crippen LogP contribution in [0.2, 0.25) is 10.0 Å². The third-order valence-corrected chi connectivity index (χ3v) is 2.76. The van der Waals surface area contributed by atoms with E-state index in [0.29, 0.717) is 16.7 Å². The van der Waals surface area contributed by atoms with Crippen molar-refractivity contribution in [3.05, 3.63) is 28.0 Å². The van der Waals surface area contributed by atoms with Gasteiger partial charge in [0.15, 0.2) is 0 Å². The van der Waals surface area contributed by atoms with E-state index in [9.17, 15) is 0 Å². The fraction of sp³-hybridized carbons (Fsp3) is 0.444. The smallest absolute Gasteiger partial charge is 0.0663 e. The lowest BCUT2D eigenvalue weighted by molar-refractivity contribution is 0.0769. The predicted octanol–water partition coefficient (Wildman–Crippen LogP) is 2.05. The van der Waals surface area contributed by atoms with Crippen LogP contribution in [0.3, 0.4) is 0 Å². The molecule has 1 aromatic rings. The quantitative estimate of drug-likeness (QED) is 0.805. The first-order valence-electron chi connectivity index (χ1n) is 4.39. The first-order valence-corrected chi connectivity index (χ1v) is 5.14. The molecule has 1 aliphatic rings. The average molecular weight is 233 g/mol. The molecule has 1 aliphatic heterocycles. The van der Waals surface area contributed by atoms with Crippen molar-refractivity contribution in [3.63, 3.8) is 0 Å². The summed E-state index contributed by atoms with van der Waals surface area (Å²) in [7, 11) is 0. The Bertz CT molecular complexity index is 306. The Hall–Kier alpha value is -0.350. The van der Waals surface area contributed by atoms with Crippen LogP contribution >= 0.6 is 23.2 Å². The van der Waals surface area contributed by atoms with Gasteiger partial charge in [-0.2, -0.15) is 0 Å². The van der Waals surface area contributed by atoms with Crippen molar-refractivity contribution < 1.29 is 4.74 Å². The van der Waals surface area contributed by atoms with Crippen LogP contribution in [0, 0.1) is 0 Å². The van der Waals surface area contributed by atoms with Gasteiger partial charge in [-0.3, -0.25) is 4.98 Å². The maximum Gasteiger partial charge on any atom is 0.0663 e. The van der Waals surface area contributed by atoms with Crippen molar-refractivity contribution in [1.29, 1.82) is 0 Å². The monoisotopic (exact) mass is 232 g/mol. The summed E-state index contributed by atoms with van der Waals surface area (Å²) in [5, 5.41) is 4.46. The van der Waals surface area contributed by atoms with E-state index in [2.05, 4.69) is 10.3 Å². The number of ether oxygens (including phenoxy) is 1. The Morgan fingerprint density at radius 3 is 2.64 bits per heavy atom. The summed E-state index contributed by atoms with van der Waals surface area (Å²) >= 11 is 12.0. The van der Waals surface area contributed by atoms with E-state index in [4.69, 9.17) is 27.9 Å². The molecule has 14 heavy (non-hydrogen) atoms. The fourth-order valence-electron chi connectivity index (χ4n) is 1.51. The van der Waals surface area contributed by atoms with E-state index < -0.39 is 0 Å². The summed E-state index contributed by atoms with van der Waals surface area (Å²) < 4.78 is 5.35. The number of hydrogen-bond acceptors (Lipinski definition) is 3. The highest BCUT2D eigenvalue weighted by Gasteiger charge is 2.20. The molecule has 0 saturated carbocycles. The molecule has 2 rings (SSSR count). The van der Waals surface area contributed by atoms with E-state index in [1.54, 1.807) is 12.4 Å². The molecule has 1 saturated heterocycles. The molecule has 0 amide bonds. The van der Waals surface area contributed by atoms with Crippen molar-refractivity contribution in [1.82, 2.24) is 10.3 Å². The minimum atomic E-state index is 0.0757. The third kappa shape index (κ3) is 2.01. The largest absolute Gasteiger partial charge is 0.378 e. The van der Waals surface area contributed by atoms with Gasteiger partial charge in [-0.1, -0.05) is 23.2 Å². The Kier molecular flexibility index (Phi) is 3.23. The lowest BCUT2D eigenvalue weighted by atomic mass is 10.1. The van der Waals surface area contributed by atoms with Crippen molar-refractivity contribution >= 4 is 23.2 Å². The van der Waals surface area contributed by atoms with Gasteiger partial charge in [0.25, 0.3) is 0 Å². The second kappa shape index (κ2) is 4.45. The summed E-state index contributed by atoms with van der Waals surface area (Å²) in [5.74, 6) is 0. The number of halogens is 2. The maximum absolute atomic E-state index is 6.02. The molecule has 0 aromatic carbocycles. The molecule has 2 heterocycles. The predicted molar refractivity (Wildman–Crippen MR) is 55.8 cm³/mol. The van der Waals surface area contributed by atoms with Gasteiger partial charge in [-0.15, -0.1) is 0 Å². The molecule has 0 bridgehead atoms. The molecular weight excluding hydrogens is 223 g/mol. The number of aromatic nitrogens is 1. The standard InChI is InChI=1S/C9H10Cl2N2O/c10-6-3-12-4-7(11)9(6)8-5-14-2-1-13-8/h3-4,8,13H,1-2,5H2. The van der Waals surface area contributed by atoms with Gasteiger partial charge in [0.1, 0.15) is 0 Å². The fourth-order valence-corrected chi connectivity index (χ4v) is 2.13. The molecule has 0 radical (unpaired) electrons. The van der Waals surface area contributed by atoms with E-state index >= 15 is 0 Å². The lowest BCUT2D eigenvalue weighted by Gasteiger charge is -2.25. The zero-order valence-electron chi connectivity index (χ0n) is 7.46. The zero-order chi connectivity index (χ0) is 9.97. The minimum Gasteiger partial charge on any atom is -0.378 e. The second-order valence-corrected chi connectivity index (χ2v) is 3.91. The highest BCUT2D eigenvalue weighted by atomic mass is 35.5. The van der Waals surface area contributed by atoms with Crippen LogP contribution in [0.1, 0.15) is 11.6 Å². The van der Waals surface area contributed by atoms with Crippen LogP contribution in [-0.2, 0) is 4.74 Å². The number of rotatable bonds is 1. The molecular formula is C9H10Cl2N2O. The highest BCUT2D eigenvalue weighted by molar-refractivity contribution is 6.35. The van der Waals surface area contributed by atoms with Crippen molar-refractivity contribution in [2.45, 2.75) is 6.04 Å². The minimum absolute atomic E-state index is 0.0757. The SMILES string of the molecule is Clc1cncc(Cl)c1C1COCCN1. The Labute approximate surface area is 92.4 Å². The molecule has 1 unspecified atom stereocenters. The third-order valence-electron chi connectivity index (χ3n) is 2.16. The molecule has 3 nitrogen and oxygen atoms in total. The average Bonchev–Trinajstić information content (AvgIpc) is 2.19. The van der Waals surface area contributed by atoms with Crippen LogP contribution in [0.25, 0.3) is 0 Å². The van der Waals surface area contributed by atoms with Gasteiger partial charge in [0.2, 0.25) is 0 Å². The normalized spacial score (nSPS) is 22.3. The molecule has 1 fully saturated rings. The van der Waals surface area contributed by atoms with Crippen molar-refractivity contribution in [2.24, 2.45) is 0 Å². The molecule has 0 spiro atoms. The summed E-state index contributed by atoms with van der Waals surface area (Å²) in [6.07, 6.45) is 3.19. The second-order valence-electron chi connectivity index (χ2n) is 3.10. The van der Waals surface area contributed by atoms with E-state index in [1.165, 1.54) is 0 Å². The molecule has 76 valence electrons. The molecule has 0 aliphatic carbocycles. The van der Waals surface area contributed by atoms with E-state index in [1.807, 2.05) is 0 Å². The van der Waals surface area contributed by atoms with Crippen LogP contribution < -0.4 is 5.32 Å². The lowest BCUT2D eigenvalue weighted by Crippen LogP contribution is -2.34. The van der Waals surface area contributed by atoms with Crippen LogP contribution in [-0.4, -0.2) is 24.7 Å². The number of morpholine rings is 1. The summed E-state index contributed by atoms with van der Waals surface area (Å²) in [5.41, 5.74) is 0.878. The molecule has 5 heteroatoms. The van der Waals surface area contributed by atoms with Crippen LogP contribution in [0.4, 0.5) is 0 Å². The van der Waals surface area contributed by atoms with Gasteiger partial charge in [0, 0.05) is 24.5 Å². The molecule has 1 N–H and O–H groups in total. The Morgan fingerprint density at radius 1 is 1.36 bits per heavy atom. The number of hydrogen-bond donors (Lipinski definition) is 1. The van der Waals surface area contributed by atoms with Gasteiger partial charge in [-0.25, -0.2) is 0 Å². The van der Waals surface area contributed by atoms with E-state index in [0.717, 1.165) is 18.7 Å². The van der Waals surface area contributed by atoms with Crippen molar-refractivity contribution in [3.8, 4) is 0 Å². The summed E-state index contributed by atoms with van der Waals surface area (Å²) in [4.78, 5) is 3.91. The summed E-state index contributed by atoms with van der Waals surface area (Å²) in [6, 6.07) is 0.0757. The Morgan fingerprint density at radius 2 is 2.07 bits per heavy atom. The zero-order valence-corrected chi connectivity index (χ0v) is 8.98. The van der Waals surface area contributed by atoms with Crippen LogP contribution in [0.5, 0.6) is 0 Å². The van der Waals surface area contributed by atoms with Gasteiger partial charge in [0.05, 0.1) is 29.3 Å².